The lowest BCUT2D eigenvalue weighted by atomic mass is 9.85. The van der Waals surface area contributed by atoms with Gasteiger partial charge in [-0.25, -0.2) is 0 Å². The van der Waals surface area contributed by atoms with E-state index < -0.39 is 6.29 Å². The van der Waals surface area contributed by atoms with Crippen molar-refractivity contribution < 1.29 is 19.0 Å². The molecule has 4 nitrogen and oxygen atoms in total. The molecule has 2 aliphatic rings. The van der Waals surface area contributed by atoms with Crippen molar-refractivity contribution in [2.24, 2.45) is 5.92 Å². The van der Waals surface area contributed by atoms with Crippen molar-refractivity contribution in [1.29, 1.82) is 0 Å². The third kappa shape index (κ3) is 2.22. The lowest BCUT2D eigenvalue weighted by molar-refractivity contribution is -0.141. The number of Topliss-reactive ketones (excluding diaryl/α,β-unsaturated/α-hetero) is 1. The minimum absolute atomic E-state index is 0.0801. The van der Waals surface area contributed by atoms with Gasteiger partial charge in [0.15, 0.2) is 6.29 Å². The molecule has 3 atom stereocenters. The van der Waals surface area contributed by atoms with E-state index in [1.807, 2.05) is 0 Å². The highest BCUT2D eigenvalue weighted by atomic mass is 16.7. The van der Waals surface area contributed by atoms with Crippen LogP contribution < -0.4 is 0 Å². The molecule has 0 saturated carbocycles. The van der Waals surface area contributed by atoms with Crippen LogP contribution in [0.1, 0.15) is 25.7 Å². The Hall–Kier alpha value is -0.450. The molecule has 0 aliphatic carbocycles. The zero-order valence-electron chi connectivity index (χ0n) is 9.27. The summed E-state index contributed by atoms with van der Waals surface area (Å²) < 4.78 is 15.7. The summed E-state index contributed by atoms with van der Waals surface area (Å²) in [4.78, 5) is 11.9. The van der Waals surface area contributed by atoms with Gasteiger partial charge in [-0.1, -0.05) is 0 Å². The van der Waals surface area contributed by atoms with Crippen molar-refractivity contribution in [3.63, 3.8) is 0 Å². The predicted molar refractivity (Wildman–Crippen MR) is 53.4 cm³/mol. The van der Waals surface area contributed by atoms with E-state index in [0.29, 0.717) is 12.5 Å². The number of ketones is 1. The standard InChI is InChI=1S/C11H18O4/c1-13-11(14-2)6-9(12)8-5-7-3-4-10(8)15-7/h7-8,10-11H,3-6H2,1-2H3. The first-order valence-electron chi connectivity index (χ1n) is 5.48. The number of carbonyl (C=O) groups is 1. The highest BCUT2D eigenvalue weighted by molar-refractivity contribution is 5.82. The minimum atomic E-state index is -0.406. The molecule has 2 aliphatic heterocycles. The van der Waals surface area contributed by atoms with Crippen molar-refractivity contribution >= 4 is 5.78 Å². The van der Waals surface area contributed by atoms with Gasteiger partial charge in [0.2, 0.25) is 0 Å². The summed E-state index contributed by atoms with van der Waals surface area (Å²) in [6.07, 6.45) is 3.47. The molecule has 0 radical (unpaired) electrons. The Labute approximate surface area is 89.9 Å². The molecule has 0 N–H and O–H groups in total. The van der Waals surface area contributed by atoms with Crippen molar-refractivity contribution in [3.8, 4) is 0 Å². The van der Waals surface area contributed by atoms with Crippen LogP contribution in [0.5, 0.6) is 0 Å². The first kappa shape index (κ1) is 11.0. The van der Waals surface area contributed by atoms with Crippen LogP contribution in [0.15, 0.2) is 0 Å². The molecule has 2 fully saturated rings. The SMILES string of the molecule is COC(CC(=O)C1CC2CCC1O2)OC. The average molecular weight is 214 g/mol. The van der Waals surface area contributed by atoms with E-state index in [2.05, 4.69) is 0 Å². The summed E-state index contributed by atoms with van der Waals surface area (Å²) in [5.41, 5.74) is 0. The number of hydrogen-bond donors (Lipinski definition) is 0. The summed E-state index contributed by atoms with van der Waals surface area (Å²) in [6, 6.07) is 0. The van der Waals surface area contributed by atoms with Gasteiger partial charge < -0.3 is 14.2 Å². The Kier molecular flexibility index (Phi) is 3.38. The van der Waals surface area contributed by atoms with Crippen LogP contribution in [0, 0.1) is 5.92 Å². The van der Waals surface area contributed by atoms with Gasteiger partial charge in [0.05, 0.1) is 18.6 Å². The summed E-state index contributed by atoms with van der Waals surface area (Å²) in [7, 11) is 3.11. The van der Waals surface area contributed by atoms with Crippen LogP contribution in [-0.2, 0) is 19.0 Å². The summed E-state index contributed by atoms with van der Waals surface area (Å²) in [5.74, 6) is 0.299. The molecule has 2 saturated heterocycles. The Morgan fingerprint density at radius 3 is 2.60 bits per heavy atom. The Balaban J connectivity index is 1.86. The van der Waals surface area contributed by atoms with E-state index in [1.54, 1.807) is 14.2 Å². The van der Waals surface area contributed by atoms with Crippen LogP contribution in [-0.4, -0.2) is 38.5 Å². The first-order chi connectivity index (χ1) is 7.24. The normalized spacial score (nSPS) is 33.9. The van der Waals surface area contributed by atoms with Crippen LogP contribution >= 0.6 is 0 Å². The topological polar surface area (TPSA) is 44.8 Å². The summed E-state index contributed by atoms with van der Waals surface area (Å²) in [5, 5.41) is 0. The molecule has 3 unspecified atom stereocenters. The molecule has 15 heavy (non-hydrogen) atoms. The van der Waals surface area contributed by atoms with Gasteiger partial charge >= 0.3 is 0 Å². The van der Waals surface area contributed by atoms with Crippen LogP contribution in [0.2, 0.25) is 0 Å². The van der Waals surface area contributed by atoms with E-state index in [1.165, 1.54) is 0 Å². The molecule has 0 amide bonds. The molecule has 0 aromatic rings. The fourth-order valence-electron chi connectivity index (χ4n) is 2.56. The zero-order valence-corrected chi connectivity index (χ0v) is 9.27. The fourth-order valence-corrected chi connectivity index (χ4v) is 2.56. The summed E-state index contributed by atoms with van der Waals surface area (Å²) >= 11 is 0. The Morgan fingerprint density at radius 2 is 2.13 bits per heavy atom. The van der Waals surface area contributed by atoms with Gasteiger partial charge in [-0.05, 0) is 19.3 Å². The maximum absolute atomic E-state index is 11.9. The van der Waals surface area contributed by atoms with E-state index in [4.69, 9.17) is 14.2 Å². The molecule has 2 rings (SSSR count). The minimum Gasteiger partial charge on any atom is -0.374 e. The quantitative estimate of drug-likeness (QED) is 0.644. The van der Waals surface area contributed by atoms with Crippen LogP contribution in [0.4, 0.5) is 0 Å². The van der Waals surface area contributed by atoms with Crippen molar-refractivity contribution in [3.05, 3.63) is 0 Å². The first-order valence-corrected chi connectivity index (χ1v) is 5.48. The van der Waals surface area contributed by atoms with Gasteiger partial charge in [-0.2, -0.15) is 0 Å². The van der Waals surface area contributed by atoms with Crippen molar-refractivity contribution in [1.82, 2.24) is 0 Å². The lowest BCUT2D eigenvalue weighted by Gasteiger charge is -2.19. The van der Waals surface area contributed by atoms with Gasteiger partial charge in [-0.15, -0.1) is 0 Å². The molecule has 4 heteroatoms. The second kappa shape index (κ2) is 4.60. The van der Waals surface area contributed by atoms with Gasteiger partial charge in [0.25, 0.3) is 0 Å². The number of fused-ring (bicyclic) bond motifs is 2. The fraction of sp³-hybridized carbons (Fsp3) is 0.909. The van der Waals surface area contributed by atoms with Crippen molar-refractivity contribution in [2.45, 2.75) is 44.2 Å². The number of hydrogen-bond acceptors (Lipinski definition) is 4. The van der Waals surface area contributed by atoms with Gasteiger partial charge in [-0.3, -0.25) is 4.79 Å². The second-order valence-corrected chi connectivity index (χ2v) is 4.29. The monoisotopic (exact) mass is 214 g/mol. The number of methoxy groups -OCH3 is 2. The summed E-state index contributed by atoms with van der Waals surface area (Å²) in [6.45, 7) is 0. The van der Waals surface area contributed by atoms with E-state index in [-0.39, 0.29) is 17.8 Å². The second-order valence-electron chi connectivity index (χ2n) is 4.29. The Bertz CT molecular complexity index is 237. The van der Waals surface area contributed by atoms with Crippen LogP contribution in [0.25, 0.3) is 0 Å². The third-order valence-electron chi connectivity index (χ3n) is 3.41. The molecule has 2 heterocycles. The average Bonchev–Trinajstić information content (AvgIpc) is 2.87. The maximum atomic E-state index is 11.9. The maximum Gasteiger partial charge on any atom is 0.163 e. The van der Waals surface area contributed by atoms with Gasteiger partial charge in [0.1, 0.15) is 5.78 Å². The molecule has 86 valence electrons. The highest BCUT2D eigenvalue weighted by Gasteiger charge is 2.44. The highest BCUT2D eigenvalue weighted by Crippen LogP contribution is 2.39. The number of ether oxygens (including phenoxy) is 3. The van der Waals surface area contributed by atoms with E-state index in [9.17, 15) is 4.79 Å². The molecule has 0 aromatic carbocycles. The molecule has 0 aromatic heterocycles. The predicted octanol–water partition coefficient (Wildman–Crippen LogP) is 1.13. The smallest absolute Gasteiger partial charge is 0.163 e. The molecule has 2 bridgehead atoms. The molecule has 0 spiro atoms. The van der Waals surface area contributed by atoms with Crippen molar-refractivity contribution in [2.75, 3.05) is 14.2 Å². The van der Waals surface area contributed by atoms with E-state index in [0.717, 1.165) is 19.3 Å². The molecular weight excluding hydrogens is 196 g/mol. The van der Waals surface area contributed by atoms with E-state index >= 15 is 0 Å². The third-order valence-corrected chi connectivity index (χ3v) is 3.41. The number of carbonyl (C=O) groups excluding carboxylic acids is 1. The number of rotatable bonds is 5. The molecular formula is C11H18O4. The Morgan fingerprint density at radius 1 is 1.40 bits per heavy atom. The lowest BCUT2D eigenvalue weighted by Crippen LogP contribution is -2.29. The largest absolute Gasteiger partial charge is 0.374 e. The zero-order chi connectivity index (χ0) is 10.8. The van der Waals surface area contributed by atoms with Crippen LogP contribution in [0.3, 0.4) is 0 Å². The van der Waals surface area contributed by atoms with Gasteiger partial charge in [0, 0.05) is 20.1 Å².